The largest absolute Gasteiger partial charge is 0.485 e. The van der Waals surface area contributed by atoms with Gasteiger partial charge in [0.25, 0.3) is 0 Å². The zero-order valence-corrected chi connectivity index (χ0v) is 10.9. The third-order valence-electron chi connectivity index (χ3n) is 2.86. The Kier molecular flexibility index (Phi) is 3.68. The van der Waals surface area contributed by atoms with Crippen LogP contribution in [0, 0.1) is 0 Å². The molecule has 5 nitrogen and oxygen atoms in total. The van der Waals surface area contributed by atoms with Gasteiger partial charge in [-0.25, -0.2) is 0 Å². The molecule has 0 radical (unpaired) electrons. The molecular formula is C15H15N3O2. The number of nitrogens with one attached hydrogen (secondary N) is 2. The van der Waals surface area contributed by atoms with E-state index in [1.165, 1.54) is 0 Å². The zero-order valence-electron chi connectivity index (χ0n) is 10.9. The number of ether oxygens (including phenoxy) is 2. The van der Waals surface area contributed by atoms with E-state index in [2.05, 4.69) is 15.2 Å². The second-order valence-electron chi connectivity index (χ2n) is 4.35. The van der Waals surface area contributed by atoms with E-state index in [4.69, 9.17) is 9.47 Å². The number of hydrogen-bond acceptors (Lipinski definition) is 3. The van der Waals surface area contributed by atoms with Gasteiger partial charge in [0.1, 0.15) is 13.2 Å². The minimum Gasteiger partial charge on any atom is -0.485 e. The average molecular weight is 269 g/mol. The average Bonchev–Trinajstić information content (AvgIpc) is 3.17. The van der Waals surface area contributed by atoms with E-state index in [9.17, 15) is 0 Å². The fourth-order valence-corrected chi connectivity index (χ4v) is 1.82. The molecule has 20 heavy (non-hydrogen) atoms. The Hall–Kier alpha value is -2.69. The SMILES string of the molecule is c1ccc(OCc2cn[nH]c2)c(OCc2cc[nH]c2)c1. The fraction of sp³-hybridized carbons (Fsp3) is 0.133. The number of aromatic nitrogens is 3. The van der Waals surface area contributed by atoms with Crippen LogP contribution in [0.2, 0.25) is 0 Å². The van der Waals surface area contributed by atoms with E-state index in [1.807, 2.05) is 48.9 Å². The summed E-state index contributed by atoms with van der Waals surface area (Å²) in [5.74, 6) is 1.46. The minimum atomic E-state index is 0.459. The van der Waals surface area contributed by atoms with Crippen LogP contribution in [0.1, 0.15) is 11.1 Å². The van der Waals surface area contributed by atoms with Crippen molar-refractivity contribution in [1.29, 1.82) is 0 Å². The Morgan fingerprint density at radius 1 is 0.900 bits per heavy atom. The molecule has 102 valence electrons. The van der Waals surface area contributed by atoms with Crippen molar-refractivity contribution in [3.63, 3.8) is 0 Å². The molecule has 0 aliphatic carbocycles. The maximum atomic E-state index is 5.78. The van der Waals surface area contributed by atoms with Crippen molar-refractivity contribution in [3.8, 4) is 11.5 Å². The van der Waals surface area contributed by atoms with Crippen LogP contribution in [0.15, 0.2) is 55.1 Å². The van der Waals surface area contributed by atoms with Crippen molar-refractivity contribution in [3.05, 3.63) is 66.2 Å². The molecule has 3 rings (SSSR count). The summed E-state index contributed by atoms with van der Waals surface area (Å²) in [6.07, 6.45) is 7.33. The molecule has 0 atom stereocenters. The molecule has 0 amide bonds. The standard InChI is InChI=1S/C15H15N3O2/c1-2-4-15(20-11-13-8-17-18-9-13)14(3-1)19-10-12-5-6-16-7-12/h1-9,16H,10-11H2,(H,17,18). The van der Waals surface area contributed by atoms with Crippen molar-refractivity contribution in [2.45, 2.75) is 13.2 Å². The van der Waals surface area contributed by atoms with Gasteiger partial charge in [0, 0.05) is 29.7 Å². The quantitative estimate of drug-likeness (QED) is 0.723. The molecule has 3 aromatic rings. The predicted octanol–water partition coefficient (Wildman–Crippen LogP) is 2.90. The van der Waals surface area contributed by atoms with E-state index in [0.29, 0.717) is 13.2 Å². The monoisotopic (exact) mass is 269 g/mol. The van der Waals surface area contributed by atoms with Gasteiger partial charge >= 0.3 is 0 Å². The minimum absolute atomic E-state index is 0.459. The maximum Gasteiger partial charge on any atom is 0.161 e. The Bertz CT molecular complexity index is 576. The lowest BCUT2D eigenvalue weighted by Gasteiger charge is -2.11. The van der Waals surface area contributed by atoms with Crippen LogP contribution in [0.25, 0.3) is 0 Å². The first-order valence-electron chi connectivity index (χ1n) is 6.36. The topological polar surface area (TPSA) is 62.9 Å². The van der Waals surface area contributed by atoms with Gasteiger partial charge in [0.2, 0.25) is 0 Å². The predicted molar refractivity (Wildman–Crippen MR) is 74.5 cm³/mol. The summed E-state index contributed by atoms with van der Waals surface area (Å²) < 4.78 is 11.5. The van der Waals surface area contributed by atoms with Crippen molar-refractivity contribution < 1.29 is 9.47 Å². The van der Waals surface area contributed by atoms with Gasteiger partial charge in [-0.1, -0.05) is 12.1 Å². The van der Waals surface area contributed by atoms with Crippen LogP contribution in [-0.2, 0) is 13.2 Å². The van der Waals surface area contributed by atoms with Gasteiger partial charge < -0.3 is 14.5 Å². The van der Waals surface area contributed by atoms with Crippen LogP contribution in [0.4, 0.5) is 0 Å². The van der Waals surface area contributed by atoms with Crippen LogP contribution >= 0.6 is 0 Å². The highest BCUT2D eigenvalue weighted by molar-refractivity contribution is 5.39. The molecule has 2 aromatic heterocycles. The molecule has 2 N–H and O–H groups in total. The lowest BCUT2D eigenvalue weighted by Crippen LogP contribution is -1.99. The third-order valence-corrected chi connectivity index (χ3v) is 2.86. The number of hydrogen-bond donors (Lipinski definition) is 2. The number of aromatic amines is 2. The van der Waals surface area contributed by atoms with E-state index < -0.39 is 0 Å². The molecule has 0 saturated carbocycles. The highest BCUT2D eigenvalue weighted by Crippen LogP contribution is 2.27. The number of nitrogens with zero attached hydrogens (tertiary/aromatic N) is 1. The van der Waals surface area contributed by atoms with Gasteiger partial charge in [-0.3, -0.25) is 5.10 Å². The van der Waals surface area contributed by atoms with E-state index in [0.717, 1.165) is 22.6 Å². The normalized spacial score (nSPS) is 10.4. The Balaban J connectivity index is 1.64. The van der Waals surface area contributed by atoms with E-state index >= 15 is 0 Å². The van der Waals surface area contributed by atoms with Gasteiger partial charge in [-0.05, 0) is 18.2 Å². The molecule has 0 unspecified atom stereocenters. The first-order chi connectivity index (χ1) is 9.92. The summed E-state index contributed by atoms with van der Waals surface area (Å²) in [4.78, 5) is 3.00. The van der Waals surface area contributed by atoms with Crippen molar-refractivity contribution >= 4 is 0 Å². The van der Waals surface area contributed by atoms with Crippen molar-refractivity contribution in [1.82, 2.24) is 15.2 Å². The third kappa shape index (κ3) is 3.00. The van der Waals surface area contributed by atoms with Gasteiger partial charge in [-0.15, -0.1) is 0 Å². The van der Waals surface area contributed by atoms with Crippen molar-refractivity contribution in [2.24, 2.45) is 0 Å². The van der Waals surface area contributed by atoms with Gasteiger partial charge in [-0.2, -0.15) is 5.10 Å². The molecule has 0 aliphatic heterocycles. The number of rotatable bonds is 6. The Labute approximate surface area is 116 Å². The lowest BCUT2D eigenvalue weighted by molar-refractivity contribution is 0.256. The first-order valence-corrected chi connectivity index (χ1v) is 6.36. The first kappa shape index (κ1) is 12.3. The Morgan fingerprint density at radius 2 is 1.65 bits per heavy atom. The summed E-state index contributed by atoms with van der Waals surface area (Å²) in [5.41, 5.74) is 2.08. The second kappa shape index (κ2) is 5.97. The van der Waals surface area contributed by atoms with Gasteiger partial charge in [0.15, 0.2) is 11.5 Å². The molecule has 0 saturated heterocycles. The Morgan fingerprint density at radius 3 is 2.25 bits per heavy atom. The molecule has 0 aliphatic rings. The van der Waals surface area contributed by atoms with E-state index in [1.54, 1.807) is 6.20 Å². The second-order valence-corrected chi connectivity index (χ2v) is 4.35. The molecular weight excluding hydrogens is 254 g/mol. The fourth-order valence-electron chi connectivity index (χ4n) is 1.82. The number of para-hydroxylation sites is 2. The maximum absolute atomic E-state index is 5.78. The van der Waals surface area contributed by atoms with Crippen LogP contribution in [-0.4, -0.2) is 15.2 Å². The molecule has 0 spiro atoms. The smallest absolute Gasteiger partial charge is 0.161 e. The summed E-state index contributed by atoms with van der Waals surface area (Å²) in [7, 11) is 0. The highest BCUT2D eigenvalue weighted by Gasteiger charge is 2.05. The molecule has 0 bridgehead atoms. The molecule has 0 fully saturated rings. The summed E-state index contributed by atoms with van der Waals surface area (Å²) >= 11 is 0. The lowest BCUT2D eigenvalue weighted by atomic mass is 10.3. The zero-order chi connectivity index (χ0) is 13.6. The van der Waals surface area contributed by atoms with Gasteiger partial charge in [0.05, 0.1) is 6.20 Å². The number of benzene rings is 1. The van der Waals surface area contributed by atoms with Crippen molar-refractivity contribution in [2.75, 3.05) is 0 Å². The molecule has 1 aromatic carbocycles. The van der Waals surface area contributed by atoms with Crippen LogP contribution in [0.5, 0.6) is 11.5 Å². The summed E-state index contributed by atoms with van der Waals surface area (Å²) in [6.45, 7) is 0.969. The van der Waals surface area contributed by atoms with Crippen LogP contribution in [0.3, 0.4) is 0 Å². The molecule has 5 heteroatoms. The van der Waals surface area contributed by atoms with Crippen LogP contribution < -0.4 is 9.47 Å². The highest BCUT2D eigenvalue weighted by atomic mass is 16.5. The summed E-state index contributed by atoms with van der Waals surface area (Å²) in [6, 6.07) is 9.63. The number of H-pyrrole nitrogens is 2. The summed E-state index contributed by atoms with van der Waals surface area (Å²) in [5, 5.41) is 6.65. The van der Waals surface area contributed by atoms with E-state index in [-0.39, 0.29) is 0 Å². The molecule has 2 heterocycles.